The van der Waals surface area contributed by atoms with Crippen LogP contribution in [0.5, 0.6) is 0 Å². The number of pyridine rings is 1. The number of aryl methyl sites for hydroxylation is 1. The third kappa shape index (κ3) is 3.60. The second kappa shape index (κ2) is 7.07. The van der Waals surface area contributed by atoms with Crippen molar-refractivity contribution in [3.63, 3.8) is 0 Å². The van der Waals surface area contributed by atoms with E-state index in [0.717, 1.165) is 23.9 Å². The van der Waals surface area contributed by atoms with Gasteiger partial charge in [0.2, 0.25) is 0 Å². The Morgan fingerprint density at radius 3 is 2.68 bits per heavy atom. The lowest BCUT2D eigenvalue weighted by atomic mass is 10.1. The fraction of sp³-hybridized carbons (Fsp3) is 0.333. The Kier molecular flexibility index (Phi) is 4.58. The number of nitrogens with zero attached hydrogens (tertiary/aromatic N) is 3. The van der Waals surface area contributed by atoms with E-state index in [2.05, 4.69) is 20.7 Å². The van der Waals surface area contributed by atoms with Crippen LogP contribution in [0, 0.1) is 6.92 Å². The van der Waals surface area contributed by atoms with Gasteiger partial charge >= 0.3 is 0 Å². The van der Waals surface area contributed by atoms with Gasteiger partial charge in [-0.05, 0) is 57.9 Å². The summed E-state index contributed by atoms with van der Waals surface area (Å²) in [5, 5.41) is 11.0. The van der Waals surface area contributed by atoms with Gasteiger partial charge in [-0.2, -0.15) is 5.10 Å². The fourth-order valence-corrected chi connectivity index (χ4v) is 3.11. The molecule has 4 rings (SSSR count). The molecule has 0 spiro atoms. The van der Waals surface area contributed by atoms with Gasteiger partial charge in [-0.15, -0.1) is 0 Å². The smallest absolute Gasteiger partial charge is 0.257 e. The second-order valence-electron chi connectivity index (χ2n) is 7.50. The number of nitrogens with one attached hydrogen (secondary N) is 2. The lowest BCUT2D eigenvalue weighted by molar-refractivity contribution is 0.0949. The maximum absolute atomic E-state index is 12.8. The molecule has 2 heterocycles. The normalized spacial score (nSPS) is 13.7. The minimum Gasteiger partial charge on any atom is -0.349 e. The number of rotatable bonds is 5. The van der Waals surface area contributed by atoms with Crippen LogP contribution >= 0.6 is 0 Å². The van der Waals surface area contributed by atoms with E-state index in [1.807, 2.05) is 31.5 Å². The molecule has 1 aliphatic carbocycles. The number of aromatic nitrogens is 3. The summed E-state index contributed by atoms with van der Waals surface area (Å²) in [5.41, 5.74) is 3.00. The van der Waals surface area contributed by atoms with Crippen molar-refractivity contribution in [2.24, 2.45) is 0 Å². The Hall–Kier alpha value is -3.22. The summed E-state index contributed by atoms with van der Waals surface area (Å²) in [5.74, 6) is -0.372. The highest BCUT2D eigenvalue weighted by molar-refractivity contribution is 6.07. The minimum absolute atomic E-state index is 0.112. The lowest BCUT2D eigenvalue weighted by Crippen LogP contribution is -2.25. The van der Waals surface area contributed by atoms with Gasteiger partial charge in [0.15, 0.2) is 5.65 Å². The van der Waals surface area contributed by atoms with E-state index >= 15 is 0 Å². The number of benzene rings is 1. The van der Waals surface area contributed by atoms with E-state index in [0.29, 0.717) is 22.5 Å². The molecular formula is C21H23N5O2. The van der Waals surface area contributed by atoms with Gasteiger partial charge in [0.1, 0.15) is 0 Å². The largest absolute Gasteiger partial charge is 0.349 e. The summed E-state index contributed by atoms with van der Waals surface area (Å²) in [7, 11) is 0. The number of carbonyl (C=O) groups excluding carboxylic acids is 2. The van der Waals surface area contributed by atoms with E-state index in [-0.39, 0.29) is 23.9 Å². The molecule has 0 radical (unpaired) electrons. The average molecular weight is 377 g/mol. The predicted octanol–water partition coefficient (Wildman–Crippen LogP) is 3.47. The number of hydrogen-bond donors (Lipinski definition) is 2. The molecule has 1 fully saturated rings. The Morgan fingerprint density at radius 1 is 1.18 bits per heavy atom. The van der Waals surface area contributed by atoms with Crippen molar-refractivity contribution >= 4 is 28.5 Å². The Balaban J connectivity index is 1.56. The molecule has 144 valence electrons. The number of fused-ring (bicyclic) bond motifs is 1. The maximum atomic E-state index is 12.8. The van der Waals surface area contributed by atoms with Crippen molar-refractivity contribution in [3.05, 3.63) is 53.3 Å². The van der Waals surface area contributed by atoms with E-state index in [9.17, 15) is 9.59 Å². The Labute approximate surface area is 163 Å². The molecule has 0 unspecified atom stereocenters. The van der Waals surface area contributed by atoms with Gasteiger partial charge in [-0.1, -0.05) is 6.07 Å². The summed E-state index contributed by atoms with van der Waals surface area (Å²) in [4.78, 5) is 29.6. The third-order valence-electron chi connectivity index (χ3n) is 4.79. The standard InChI is InChI=1S/C21H23N5O2/c1-12(2)26-19-15(11-22-26)10-18(13(3)23-19)21(28)25-17-6-4-5-14(9-17)20(27)24-16-7-8-16/h4-6,9-12,16H,7-8H2,1-3H3,(H,24,27)(H,25,28). The molecule has 0 bridgehead atoms. The van der Waals surface area contributed by atoms with Crippen molar-refractivity contribution < 1.29 is 9.59 Å². The number of hydrogen-bond acceptors (Lipinski definition) is 4. The maximum Gasteiger partial charge on any atom is 0.257 e. The molecule has 0 atom stereocenters. The van der Waals surface area contributed by atoms with Crippen LogP contribution in [0.15, 0.2) is 36.5 Å². The van der Waals surface area contributed by atoms with Crippen LogP contribution in [0.25, 0.3) is 11.0 Å². The highest BCUT2D eigenvalue weighted by Gasteiger charge is 2.24. The molecular weight excluding hydrogens is 354 g/mol. The molecule has 1 aromatic carbocycles. The zero-order chi connectivity index (χ0) is 19.8. The molecule has 0 saturated heterocycles. The number of carbonyl (C=O) groups is 2. The van der Waals surface area contributed by atoms with Crippen molar-refractivity contribution in [3.8, 4) is 0 Å². The molecule has 28 heavy (non-hydrogen) atoms. The van der Waals surface area contributed by atoms with E-state index in [1.165, 1.54) is 0 Å². The van der Waals surface area contributed by atoms with Crippen LogP contribution in [0.3, 0.4) is 0 Å². The first-order valence-electron chi connectivity index (χ1n) is 9.49. The summed E-state index contributed by atoms with van der Waals surface area (Å²) >= 11 is 0. The monoisotopic (exact) mass is 377 g/mol. The first kappa shape index (κ1) is 18.2. The van der Waals surface area contributed by atoms with E-state index < -0.39 is 0 Å². The van der Waals surface area contributed by atoms with Crippen molar-refractivity contribution in [1.82, 2.24) is 20.1 Å². The Morgan fingerprint density at radius 2 is 1.96 bits per heavy atom. The van der Waals surface area contributed by atoms with Crippen molar-refractivity contribution in [1.29, 1.82) is 0 Å². The first-order valence-corrected chi connectivity index (χ1v) is 9.49. The van der Waals surface area contributed by atoms with Crippen LogP contribution in [-0.4, -0.2) is 32.6 Å². The van der Waals surface area contributed by atoms with Gasteiger partial charge in [-0.3, -0.25) is 9.59 Å². The number of amides is 2. The molecule has 2 aromatic heterocycles. The summed E-state index contributed by atoms with van der Waals surface area (Å²) in [6, 6.07) is 9.25. The summed E-state index contributed by atoms with van der Waals surface area (Å²) in [6.07, 6.45) is 3.79. The molecule has 7 heteroatoms. The van der Waals surface area contributed by atoms with Crippen LogP contribution in [0.1, 0.15) is 59.1 Å². The van der Waals surface area contributed by atoms with Gasteiger partial charge in [0, 0.05) is 28.7 Å². The third-order valence-corrected chi connectivity index (χ3v) is 4.79. The van der Waals surface area contributed by atoms with Crippen molar-refractivity contribution in [2.45, 2.75) is 45.7 Å². The fourth-order valence-electron chi connectivity index (χ4n) is 3.11. The average Bonchev–Trinajstić information content (AvgIpc) is 3.37. The van der Waals surface area contributed by atoms with Crippen molar-refractivity contribution in [2.75, 3.05) is 5.32 Å². The zero-order valence-corrected chi connectivity index (χ0v) is 16.2. The van der Waals surface area contributed by atoms with Crippen LogP contribution in [0.4, 0.5) is 5.69 Å². The van der Waals surface area contributed by atoms with Gasteiger partial charge in [-0.25, -0.2) is 9.67 Å². The molecule has 2 N–H and O–H groups in total. The first-order chi connectivity index (χ1) is 13.4. The highest BCUT2D eigenvalue weighted by atomic mass is 16.2. The van der Waals surface area contributed by atoms with Gasteiger partial charge in [0.05, 0.1) is 17.5 Å². The van der Waals surface area contributed by atoms with E-state index in [1.54, 1.807) is 30.5 Å². The zero-order valence-electron chi connectivity index (χ0n) is 16.2. The highest BCUT2D eigenvalue weighted by Crippen LogP contribution is 2.22. The number of anilines is 1. The van der Waals surface area contributed by atoms with Crippen LogP contribution < -0.4 is 10.6 Å². The Bertz CT molecular complexity index is 1070. The van der Waals surface area contributed by atoms with Gasteiger partial charge in [0.25, 0.3) is 11.8 Å². The second-order valence-corrected chi connectivity index (χ2v) is 7.50. The summed E-state index contributed by atoms with van der Waals surface area (Å²) < 4.78 is 1.84. The molecule has 3 aromatic rings. The van der Waals surface area contributed by atoms with Gasteiger partial charge < -0.3 is 10.6 Å². The minimum atomic E-state index is -0.260. The van der Waals surface area contributed by atoms with Crippen LogP contribution in [0.2, 0.25) is 0 Å². The molecule has 1 aliphatic rings. The quantitative estimate of drug-likeness (QED) is 0.713. The SMILES string of the molecule is Cc1nc2c(cnn2C(C)C)cc1C(=O)Nc1cccc(C(=O)NC2CC2)c1. The van der Waals surface area contributed by atoms with E-state index in [4.69, 9.17) is 0 Å². The van der Waals surface area contributed by atoms with Crippen LogP contribution in [-0.2, 0) is 0 Å². The molecule has 0 aliphatic heterocycles. The summed E-state index contributed by atoms with van der Waals surface area (Å²) in [6.45, 7) is 5.89. The molecule has 7 nitrogen and oxygen atoms in total. The molecule has 1 saturated carbocycles. The molecule has 2 amide bonds. The topological polar surface area (TPSA) is 88.9 Å². The lowest BCUT2D eigenvalue weighted by Gasteiger charge is -2.11. The predicted molar refractivity (Wildman–Crippen MR) is 108 cm³/mol.